The molecule has 0 amide bonds. The molecule has 6 heteroatoms. The lowest BCUT2D eigenvalue weighted by atomic mass is 10.2. The molecule has 0 radical (unpaired) electrons. The van der Waals surface area contributed by atoms with Crippen molar-refractivity contribution < 1.29 is 4.39 Å². The van der Waals surface area contributed by atoms with Gasteiger partial charge in [0.1, 0.15) is 10.8 Å². The van der Waals surface area contributed by atoms with Crippen molar-refractivity contribution in [3.8, 4) is 0 Å². The molecule has 0 fully saturated rings. The Labute approximate surface area is 165 Å². The second-order valence-corrected chi connectivity index (χ2v) is 13.1. The molecule has 3 nitrogen and oxygen atoms in total. The van der Waals surface area contributed by atoms with E-state index in [4.69, 9.17) is 11.6 Å². The fourth-order valence-electron chi connectivity index (χ4n) is 2.76. The van der Waals surface area contributed by atoms with Crippen LogP contribution in [0.1, 0.15) is 22.5 Å². The van der Waals surface area contributed by atoms with Gasteiger partial charge in [0.05, 0.1) is 14.6 Å². The number of hydrogen-bond acceptors (Lipinski definition) is 2. The normalized spacial score (nSPS) is 12.4. The third kappa shape index (κ3) is 4.93. The summed E-state index contributed by atoms with van der Waals surface area (Å²) in [5.41, 5.74) is 3.02. The van der Waals surface area contributed by atoms with Gasteiger partial charge in [-0.05, 0) is 36.3 Å². The van der Waals surface area contributed by atoms with Crippen LogP contribution < -0.4 is 5.19 Å². The highest BCUT2D eigenvalue weighted by Crippen LogP contribution is 2.20. The number of rotatable bonds is 5. The van der Waals surface area contributed by atoms with E-state index in [0.29, 0.717) is 17.4 Å². The molecule has 140 valence electrons. The van der Waals surface area contributed by atoms with E-state index >= 15 is 0 Å². The lowest BCUT2D eigenvalue weighted by molar-refractivity contribution is 0.652. The molecule has 27 heavy (non-hydrogen) atoms. The third-order valence-electron chi connectivity index (χ3n) is 4.42. The van der Waals surface area contributed by atoms with E-state index in [-0.39, 0.29) is 5.83 Å². The number of benzene rings is 1. The molecular weight excluding hydrogens is 377 g/mol. The number of hydrogen-bond donors (Lipinski definition) is 0. The van der Waals surface area contributed by atoms with Crippen LogP contribution in [0.15, 0.2) is 48.7 Å². The van der Waals surface area contributed by atoms with Crippen LogP contribution >= 0.6 is 11.6 Å². The van der Waals surface area contributed by atoms with Crippen LogP contribution in [0.25, 0.3) is 11.9 Å². The van der Waals surface area contributed by atoms with Crippen LogP contribution in [0, 0.1) is 6.92 Å². The number of pyridine rings is 1. The highest BCUT2D eigenvalue weighted by Gasteiger charge is 2.15. The molecule has 0 bridgehead atoms. The van der Waals surface area contributed by atoms with Gasteiger partial charge in [-0.1, -0.05) is 66.8 Å². The monoisotopic (exact) mass is 399 g/mol. The first-order valence-electron chi connectivity index (χ1n) is 8.85. The van der Waals surface area contributed by atoms with Crippen molar-refractivity contribution in [3.05, 3.63) is 76.3 Å². The van der Waals surface area contributed by atoms with Crippen LogP contribution in [0.3, 0.4) is 0 Å². The van der Waals surface area contributed by atoms with Crippen molar-refractivity contribution in [1.82, 2.24) is 14.8 Å². The molecule has 0 spiro atoms. The van der Waals surface area contributed by atoms with Gasteiger partial charge in [-0.15, -0.1) is 0 Å². The minimum atomic E-state index is -1.35. The Kier molecular flexibility index (Phi) is 5.63. The molecule has 1 aromatic carbocycles. The van der Waals surface area contributed by atoms with E-state index in [9.17, 15) is 4.39 Å². The molecule has 0 unspecified atom stereocenters. The maximum absolute atomic E-state index is 14.7. The van der Waals surface area contributed by atoms with Gasteiger partial charge in [-0.25, -0.2) is 9.37 Å². The molecule has 3 rings (SSSR count). The average molecular weight is 400 g/mol. The van der Waals surface area contributed by atoms with Crippen LogP contribution in [0.5, 0.6) is 0 Å². The quantitative estimate of drug-likeness (QED) is 0.430. The molecule has 0 aliphatic carbocycles. The van der Waals surface area contributed by atoms with Crippen LogP contribution in [0.2, 0.25) is 24.8 Å². The maximum Gasteiger partial charge on any atom is 0.151 e. The Balaban J connectivity index is 1.79. The molecular formula is C21H23ClFN3Si. The van der Waals surface area contributed by atoms with Gasteiger partial charge in [0.15, 0.2) is 5.83 Å². The molecule has 0 atom stereocenters. The van der Waals surface area contributed by atoms with Gasteiger partial charge in [-0.3, -0.25) is 4.68 Å². The number of nitrogens with zero attached hydrogens (tertiary/aromatic N) is 3. The van der Waals surface area contributed by atoms with Crippen molar-refractivity contribution in [2.24, 2.45) is 0 Å². The van der Waals surface area contributed by atoms with Crippen LogP contribution in [-0.4, -0.2) is 22.8 Å². The lowest BCUT2D eigenvalue weighted by Crippen LogP contribution is -2.37. The van der Waals surface area contributed by atoms with Gasteiger partial charge < -0.3 is 0 Å². The predicted octanol–water partition coefficient (Wildman–Crippen LogP) is 5.30. The highest BCUT2D eigenvalue weighted by molar-refractivity contribution is 6.88. The standard InChI is InChI=1S/C21H23ClFN3Si/c1-15-11-20(25-26(15)14-17-7-10-21(22)24-13-17)19(23)12-16-5-8-18(9-6-16)27(2,3)4/h5-13H,14H2,1-4H3/b19-12-. The van der Waals surface area contributed by atoms with E-state index < -0.39 is 8.07 Å². The molecule has 0 aliphatic heterocycles. The van der Waals surface area contributed by atoms with Gasteiger partial charge in [0, 0.05) is 11.9 Å². The van der Waals surface area contributed by atoms with Gasteiger partial charge in [-0.2, -0.15) is 5.10 Å². The summed E-state index contributed by atoms with van der Waals surface area (Å²) in [5, 5.41) is 6.21. The van der Waals surface area contributed by atoms with Crippen molar-refractivity contribution in [3.63, 3.8) is 0 Å². The van der Waals surface area contributed by atoms with E-state index in [1.807, 2.05) is 25.1 Å². The van der Waals surface area contributed by atoms with Gasteiger partial charge in [0.2, 0.25) is 0 Å². The molecule has 2 aromatic heterocycles. The van der Waals surface area contributed by atoms with E-state index in [0.717, 1.165) is 16.8 Å². The second kappa shape index (κ2) is 7.78. The Morgan fingerprint density at radius 1 is 1.15 bits per heavy atom. The lowest BCUT2D eigenvalue weighted by Gasteiger charge is -2.16. The fraction of sp³-hybridized carbons (Fsp3) is 0.238. The summed E-state index contributed by atoms with van der Waals surface area (Å²) in [7, 11) is -1.35. The summed E-state index contributed by atoms with van der Waals surface area (Å²) >= 11 is 5.81. The van der Waals surface area contributed by atoms with Crippen molar-refractivity contribution in [1.29, 1.82) is 0 Å². The van der Waals surface area contributed by atoms with Gasteiger partial charge >= 0.3 is 0 Å². The van der Waals surface area contributed by atoms with Crippen molar-refractivity contribution >= 4 is 36.8 Å². The summed E-state index contributed by atoms with van der Waals surface area (Å²) in [6.45, 7) is 9.32. The van der Waals surface area contributed by atoms with Crippen LogP contribution in [-0.2, 0) is 6.54 Å². The Hall–Kier alpha value is -2.24. The van der Waals surface area contributed by atoms with Crippen molar-refractivity contribution in [2.75, 3.05) is 0 Å². The first-order valence-corrected chi connectivity index (χ1v) is 12.7. The smallest absolute Gasteiger partial charge is 0.151 e. The van der Waals surface area contributed by atoms with E-state index in [1.165, 1.54) is 11.3 Å². The largest absolute Gasteiger partial charge is 0.265 e. The maximum atomic E-state index is 14.7. The van der Waals surface area contributed by atoms with Crippen molar-refractivity contribution in [2.45, 2.75) is 33.1 Å². The zero-order valence-corrected chi connectivity index (χ0v) is 17.8. The topological polar surface area (TPSA) is 30.7 Å². The van der Waals surface area contributed by atoms with E-state index in [1.54, 1.807) is 23.0 Å². The number of aryl methyl sites for hydroxylation is 1. The Morgan fingerprint density at radius 2 is 1.85 bits per heavy atom. The zero-order chi connectivity index (χ0) is 19.6. The van der Waals surface area contributed by atoms with Crippen LogP contribution in [0.4, 0.5) is 4.39 Å². The summed E-state index contributed by atoms with van der Waals surface area (Å²) < 4.78 is 16.5. The molecule has 0 N–H and O–H groups in total. The summed E-state index contributed by atoms with van der Waals surface area (Å²) in [6, 6.07) is 13.5. The molecule has 3 aromatic rings. The minimum absolute atomic E-state index is 0.337. The second-order valence-electron chi connectivity index (χ2n) is 7.68. The molecule has 2 heterocycles. The molecule has 0 saturated carbocycles. The minimum Gasteiger partial charge on any atom is -0.265 e. The predicted molar refractivity (Wildman–Crippen MR) is 114 cm³/mol. The van der Waals surface area contributed by atoms with Gasteiger partial charge in [0.25, 0.3) is 0 Å². The molecule has 0 saturated heterocycles. The summed E-state index contributed by atoms with van der Waals surface area (Å²) in [4.78, 5) is 4.07. The first kappa shape index (κ1) is 19.5. The Bertz CT molecular complexity index is 955. The molecule has 0 aliphatic rings. The third-order valence-corrected chi connectivity index (χ3v) is 6.71. The van der Waals surface area contributed by atoms with E-state index in [2.05, 4.69) is 41.9 Å². The summed E-state index contributed by atoms with van der Waals surface area (Å²) in [5.74, 6) is -0.341. The zero-order valence-electron chi connectivity index (χ0n) is 16.0. The average Bonchev–Trinajstić information content (AvgIpc) is 2.97. The SMILES string of the molecule is Cc1cc(/C(F)=C/c2ccc([Si](C)(C)C)cc2)nn1Cc1ccc(Cl)nc1. The Morgan fingerprint density at radius 3 is 2.44 bits per heavy atom. The fourth-order valence-corrected chi connectivity index (χ4v) is 4.04. The highest BCUT2D eigenvalue weighted by atomic mass is 35.5. The number of aromatic nitrogens is 3. The first-order chi connectivity index (χ1) is 12.7. The summed E-state index contributed by atoms with van der Waals surface area (Å²) in [6.07, 6.45) is 3.24. The number of halogens is 2.